The minimum absolute atomic E-state index is 0.0399. The molecule has 31 heavy (non-hydrogen) atoms. The third-order valence-corrected chi connectivity index (χ3v) is 5.13. The van der Waals surface area contributed by atoms with Crippen LogP contribution in [-0.2, 0) is 9.53 Å². The fraction of sp³-hybridized carbons (Fsp3) is 0.364. The molecule has 0 radical (unpaired) electrons. The number of hydrogen-bond donors (Lipinski definition) is 1. The first-order valence-corrected chi connectivity index (χ1v) is 9.99. The Labute approximate surface area is 180 Å². The number of hydrogen-bond acceptors (Lipinski definition) is 6. The molecule has 9 heteroatoms. The highest BCUT2D eigenvalue weighted by Crippen LogP contribution is 2.25. The number of nitro groups is 1. The highest BCUT2D eigenvalue weighted by atomic mass is 16.6. The molecule has 1 aliphatic heterocycles. The third kappa shape index (κ3) is 5.37. The zero-order valence-electron chi connectivity index (χ0n) is 17.5. The minimum Gasteiger partial charge on any atom is -0.491 e. The van der Waals surface area contributed by atoms with Crippen molar-refractivity contribution in [3.63, 3.8) is 0 Å². The Bertz CT molecular complexity index is 960. The highest BCUT2D eigenvalue weighted by Gasteiger charge is 2.35. The Morgan fingerprint density at radius 1 is 1.19 bits per heavy atom. The van der Waals surface area contributed by atoms with E-state index in [-0.39, 0.29) is 17.5 Å². The zero-order chi connectivity index (χ0) is 22.4. The van der Waals surface area contributed by atoms with Gasteiger partial charge in [0.1, 0.15) is 18.4 Å². The molecule has 1 fully saturated rings. The van der Waals surface area contributed by atoms with E-state index in [1.807, 2.05) is 0 Å². The van der Waals surface area contributed by atoms with E-state index in [2.05, 4.69) is 5.32 Å². The number of benzene rings is 2. The van der Waals surface area contributed by atoms with E-state index in [0.717, 1.165) is 0 Å². The average Bonchev–Trinajstić information content (AvgIpc) is 3.24. The number of nitro benzene ring substituents is 1. The van der Waals surface area contributed by atoms with Gasteiger partial charge < -0.3 is 19.7 Å². The summed E-state index contributed by atoms with van der Waals surface area (Å²) < 4.78 is 10.4. The molecule has 2 aromatic carbocycles. The van der Waals surface area contributed by atoms with Gasteiger partial charge in [-0.1, -0.05) is 0 Å². The van der Waals surface area contributed by atoms with Crippen LogP contribution in [0.1, 0.15) is 28.8 Å². The molecule has 3 rings (SSSR count). The number of rotatable bonds is 8. The molecule has 0 aromatic heterocycles. The highest BCUT2D eigenvalue weighted by molar-refractivity contribution is 6.01. The number of anilines is 1. The van der Waals surface area contributed by atoms with Crippen LogP contribution in [0.15, 0.2) is 42.5 Å². The van der Waals surface area contributed by atoms with E-state index in [1.54, 1.807) is 38.3 Å². The van der Waals surface area contributed by atoms with Gasteiger partial charge in [-0.3, -0.25) is 19.7 Å². The molecule has 0 saturated carbocycles. The van der Waals surface area contributed by atoms with Crippen LogP contribution in [0.5, 0.6) is 5.75 Å². The number of ether oxygens (including phenoxy) is 2. The molecule has 164 valence electrons. The number of carbonyl (C=O) groups excluding carboxylic acids is 2. The molecule has 2 aromatic rings. The zero-order valence-corrected chi connectivity index (χ0v) is 17.5. The fourth-order valence-electron chi connectivity index (χ4n) is 3.54. The third-order valence-electron chi connectivity index (χ3n) is 5.13. The quantitative estimate of drug-likeness (QED) is 0.394. The van der Waals surface area contributed by atoms with Crippen molar-refractivity contribution in [3.8, 4) is 5.75 Å². The van der Waals surface area contributed by atoms with E-state index < -0.39 is 11.0 Å². The van der Waals surface area contributed by atoms with E-state index in [4.69, 9.17) is 9.47 Å². The maximum Gasteiger partial charge on any atom is 0.272 e. The lowest BCUT2D eigenvalue weighted by molar-refractivity contribution is -0.385. The largest absolute Gasteiger partial charge is 0.491 e. The Morgan fingerprint density at radius 3 is 2.58 bits per heavy atom. The van der Waals surface area contributed by atoms with Crippen LogP contribution < -0.4 is 10.1 Å². The van der Waals surface area contributed by atoms with Gasteiger partial charge in [-0.25, -0.2) is 0 Å². The van der Waals surface area contributed by atoms with Gasteiger partial charge >= 0.3 is 0 Å². The van der Waals surface area contributed by atoms with Gasteiger partial charge in [0, 0.05) is 36.5 Å². The first-order valence-electron chi connectivity index (χ1n) is 9.99. The molecule has 1 aliphatic rings. The minimum atomic E-state index is -0.597. The first-order chi connectivity index (χ1) is 14.9. The Balaban J connectivity index is 1.65. The number of carbonyl (C=O) groups is 2. The van der Waals surface area contributed by atoms with Gasteiger partial charge in [0.25, 0.3) is 11.6 Å². The lowest BCUT2D eigenvalue weighted by atomic mass is 10.1. The number of nitrogens with zero attached hydrogens (tertiary/aromatic N) is 2. The Hall–Kier alpha value is -3.46. The molecule has 2 amide bonds. The van der Waals surface area contributed by atoms with Crippen LogP contribution in [0.3, 0.4) is 0 Å². The predicted octanol–water partition coefficient (Wildman–Crippen LogP) is 3.17. The molecule has 1 saturated heterocycles. The molecule has 0 bridgehead atoms. The maximum absolute atomic E-state index is 13.0. The van der Waals surface area contributed by atoms with E-state index in [0.29, 0.717) is 55.2 Å². The monoisotopic (exact) mass is 427 g/mol. The molecule has 1 N–H and O–H groups in total. The molecular formula is C22H25N3O6. The molecule has 9 nitrogen and oxygen atoms in total. The second-order valence-corrected chi connectivity index (χ2v) is 7.27. The Kier molecular flexibility index (Phi) is 7.19. The molecular weight excluding hydrogens is 402 g/mol. The average molecular weight is 427 g/mol. The van der Waals surface area contributed by atoms with Crippen LogP contribution in [0.4, 0.5) is 11.4 Å². The molecule has 0 aliphatic carbocycles. The van der Waals surface area contributed by atoms with Gasteiger partial charge in [-0.05, 0) is 56.2 Å². The lowest BCUT2D eigenvalue weighted by Crippen LogP contribution is -2.43. The summed E-state index contributed by atoms with van der Waals surface area (Å²) in [5.41, 5.74) is 1.31. The van der Waals surface area contributed by atoms with Gasteiger partial charge in [-0.2, -0.15) is 0 Å². The van der Waals surface area contributed by atoms with Crippen LogP contribution in [0.25, 0.3) is 0 Å². The van der Waals surface area contributed by atoms with Crippen LogP contribution in [0.2, 0.25) is 0 Å². The van der Waals surface area contributed by atoms with E-state index in [9.17, 15) is 19.7 Å². The van der Waals surface area contributed by atoms with Crippen LogP contribution >= 0.6 is 0 Å². The van der Waals surface area contributed by atoms with Crippen molar-refractivity contribution in [2.45, 2.75) is 25.8 Å². The summed E-state index contributed by atoms with van der Waals surface area (Å²) in [6.07, 6.45) is 1.27. The van der Waals surface area contributed by atoms with E-state index >= 15 is 0 Å². The molecule has 1 heterocycles. The number of nitrogens with one attached hydrogen (secondary N) is 1. The summed E-state index contributed by atoms with van der Waals surface area (Å²) in [6.45, 7) is 2.97. The topological polar surface area (TPSA) is 111 Å². The summed E-state index contributed by atoms with van der Waals surface area (Å²) in [5.74, 6) is 0.0938. The van der Waals surface area contributed by atoms with Crippen molar-refractivity contribution in [3.05, 3.63) is 63.7 Å². The molecule has 0 spiro atoms. The molecule has 1 atom stereocenters. The van der Waals surface area contributed by atoms with Crippen molar-refractivity contribution >= 4 is 23.2 Å². The number of methoxy groups -OCH3 is 1. The van der Waals surface area contributed by atoms with Crippen molar-refractivity contribution in [1.29, 1.82) is 0 Å². The van der Waals surface area contributed by atoms with E-state index in [1.165, 1.54) is 23.1 Å². The summed E-state index contributed by atoms with van der Waals surface area (Å²) in [4.78, 5) is 37.8. The normalized spacial score (nSPS) is 15.5. The Morgan fingerprint density at radius 2 is 1.94 bits per heavy atom. The van der Waals surface area contributed by atoms with Crippen molar-refractivity contribution in [2.75, 3.05) is 32.2 Å². The maximum atomic E-state index is 13.0. The van der Waals surface area contributed by atoms with Crippen LogP contribution in [0, 0.1) is 17.0 Å². The van der Waals surface area contributed by atoms with Crippen molar-refractivity contribution < 1.29 is 24.0 Å². The van der Waals surface area contributed by atoms with Crippen LogP contribution in [-0.4, -0.2) is 54.5 Å². The van der Waals surface area contributed by atoms with Crippen molar-refractivity contribution in [2.24, 2.45) is 0 Å². The predicted molar refractivity (Wildman–Crippen MR) is 114 cm³/mol. The number of likely N-dealkylation sites (tertiary alicyclic amines) is 1. The van der Waals surface area contributed by atoms with Gasteiger partial charge in [0.05, 0.1) is 11.5 Å². The SMILES string of the molecule is COCCOc1ccc(NC(=O)C2CCCN2C(=O)c2ccc([N+](=O)[O-])c(C)c2)cc1. The van der Waals surface area contributed by atoms with Gasteiger partial charge in [0.15, 0.2) is 0 Å². The van der Waals surface area contributed by atoms with Crippen molar-refractivity contribution in [1.82, 2.24) is 4.90 Å². The lowest BCUT2D eigenvalue weighted by Gasteiger charge is -2.24. The smallest absolute Gasteiger partial charge is 0.272 e. The summed E-state index contributed by atoms with van der Waals surface area (Å²) >= 11 is 0. The summed E-state index contributed by atoms with van der Waals surface area (Å²) in [7, 11) is 1.60. The second kappa shape index (κ2) is 10.0. The number of amides is 2. The molecule has 1 unspecified atom stereocenters. The fourth-order valence-corrected chi connectivity index (χ4v) is 3.54. The summed E-state index contributed by atoms with van der Waals surface area (Å²) in [6, 6.07) is 10.6. The van der Waals surface area contributed by atoms with Gasteiger partial charge in [-0.15, -0.1) is 0 Å². The standard InChI is InChI=1S/C22H25N3O6/c1-15-14-16(5-10-19(15)25(28)29)22(27)24-11-3-4-20(24)21(26)23-17-6-8-18(9-7-17)31-13-12-30-2/h5-10,14,20H,3-4,11-13H2,1-2H3,(H,23,26). The number of aryl methyl sites for hydroxylation is 1. The first kappa shape index (κ1) is 22.2. The second-order valence-electron chi connectivity index (χ2n) is 7.27. The summed E-state index contributed by atoms with van der Waals surface area (Å²) in [5, 5.41) is 13.9. The van der Waals surface area contributed by atoms with Gasteiger partial charge in [0.2, 0.25) is 5.91 Å².